The molecular weight excluding hydrogens is 579 g/mol. The molecule has 3 heterocycles. The Morgan fingerprint density at radius 2 is 1.17 bits per heavy atom. The minimum atomic E-state index is 0.0232. The molecule has 2 aliphatic heterocycles. The van der Waals surface area contributed by atoms with Crippen molar-refractivity contribution in [2.24, 2.45) is 0 Å². The molecular formula is C45H41BN2. The second-order valence-electron chi connectivity index (χ2n) is 16.0. The molecule has 0 radical (unpaired) electrons. The fraction of sp³-hybridized carbons (Fsp3) is 0.200. The zero-order chi connectivity index (χ0) is 33.1. The van der Waals surface area contributed by atoms with Gasteiger partial charge in [-0.1, -0.05) is 126 Å². The van der Waals surface area contributed by atoms with E-state index in [4.69, 9.17) is 0 Å². The van der Waals surface area contributed by atoms with Crippen LogP contribution in [-0.2, 0) is 10.8 Å². The average molecular weight is 621 g/mol. The van der Waals surface area contributed by atoms with E-state index in [1.165, 1.54) is 88.8 Å². The third-order valence-electron chi connectivity index (χ3n) is 10.7. The average Bonchev–Trinajstić information content (AvgIpc) is 3.41. The van der Waals surface area contributed by atoms with Crippen molar-refractivity contribution in [2.45, 2.75) is 59.3 Å². The molecule has 0 saturated heterocycles. The van der Waals surface area contributed by atoms with Gasteiger partial charge in [0.2, 0.25) is 0 Å². The van der Waals surface area contributed by atoms with E-state index in [-0.39, 0.29) is 17.5 Å². The highest BCUT2D eigenvalue weighted by atomic mass is 15.2. The van der Waals surface area contributed by atoms with Gasteiger partial charge in [0.1, 0.15) is 0 Å². The summed E-state index contributed by atoms with van der Waals surface area (Å²) in [6.07, 6.45) is 0. The van der Waals surface area contributed by atoms with Crippen LogP contribution < -0.4 is 21.3 Å². The monoisotopic (exact) mass is 620 g/mol. The summed E-state index contributed by atoms with van der Waals surface area (Å²) in [5.74, 6) is 0. The van der Waals surface area contributed by atoms with Crippen LogP contribution in [0.5, 0.6) is 0 Å². The van der Waals surface area contributed by atoms with E-state index < -0.39 is 0 Å². The number of aryl methyl sites for hydroxylation is 1. The standard InChI is InChI=1S/C45H41BN2/c1-28-24-40-42-41(25-28)48-37-19-12-11-16-32(37)33-17-13-18-35(43(33)48)46(42)36-27-31(45(5,6)7)21-23-39(36)47(40)38-22-20-30(44(2,3)4)26-34(38)29-14-9-8-10-15-29/h8-27H,1-7H3. The van der Waals surface area contributed by atoms with Crippen molar-refractivity contribution in [3.8, 4) is 16.8 Å². The maximum absolute atomic E-state index is 2.58. The predicted octanol–water partition coefficient (Wildman–Crippen LogP) is 9.97. The predicted molar refractivity (Wildman–Crippen MR) is 208 cm³/mol. The number of hydrogen-bond donors (Lipinski definition) is 0. The molecule has 7 aromatic rings. The fourth-order valence-corrected chi connectivity index (χ4v) is 8.32. The molecule has 0 N–H and O–H groups in total. The Balaban J connectivity index is 1.44. The second kappa shape index (κ2) is 10.00. The van der Waals surface area contributed by atoms with Gasteiger partial charge in [0.05, 0.1) is 11.2 Å². The highest BCUT2D eigenvalue weighted by molar-refractivity contribution is 7.00. The summed E-state index contributed by atoms with van der Waals surface area (Å²) in [6, 6.07) is 46.1. The van der Waals surface area contributed by atoms with Gasteiger partial charge in [-0.2, -0.15) is 0 Å². The van der Waals surface area contributed by atoms with Gasteiger partial charge in [0.25, 0.3) is 6.71 Å². The molecule has 0 saturated carbocycles. The van der Waals surface area contributed by atoms with E-state index >= 15 is 0 Å². The van der Waals surface area contributed by atoms with Gasteiger partial charge >= 0.3 is 0 Å². The first-order valence-corrected chi connectivity index (χ1v) is 17.3. The highest BCUT2D eigenvalue weighted by Gasteiger charge is 2.43. The van der Waals surface area contributed by atoms with Gasteiger partial charge in [-0.15, -0.1) is 0 Å². The Bertz CT molecular complexity index is 2440. The van der Waals surface area contributed by atoms with Crippen LogP contribution in [0.3, 0.4) is 0 Å². The van der Waals surface area contributed by atoms with Gasteiger partial charge in [0, 0.05) is 38.9 Å². The van der Waals surface area contributed by atoms with Crippen LogP contribution in [-0.4, -0.2) is 11.3 Å². The molecule has 9 rings (SSSR count). The van der Waals surface area contributed by atoms with Crippen molar-refractivity contribution in [2.75, 3.05) is 4.90 Å². The quantitative estimate of drug-likeness (QED) is 0.175. The lowest BCUT2D eigenvalue weighted by molar-refractivity contribution is 0.590. The number of anilines is 3. The number of nitrogens with zero attached hydrogens (tertiary/aromatic N) is 2. The van der Waals surface area contributed by atoms with Crippen LogP contribution in [0.15, 0.2) is 121 Å². The SMILES string of the molecule is Cc1cc2c3c(c1)-n1c4ccccc4c4cccc(c41)B3c1cc(C(C)(C)C)ccc1N2c1ccc(C(C)(C)C)cc1-c1ccccc1. The van der Waals surface area contributed by atoms with Crippen LogP contribution in [0, 0.1) is 6.92 Å². The molecule has 0 fully saturated rings. The second-order valence-corrected chi connectivity index (χ2v) is 16.0. The lowest BCUT2D eigenvalue weighted by Gasteiger charge is -2.42. The third kappa shape index (κ3) is 4.13. The Morgan fingerprint density at radius 3 is 1.92 bits per heavy atom. The van der Waals surface area contributed by atoms with Crippen molar-refractivity contribution in [1.29, 1.82) is 0 Å². The number of para-hydroxylation sites is 2. The molecule has 1 aromatic heterocycles. The molecule has 48 heavy (non-hydrogen) atoms. The topological polar surface area (TPSA) is 8.17 Å². The zero-order valence-electron chi connectivity index (χ0n) is 29.0. The van der Waals surface area contributed by atoms with Gasteiger partial charge in [-0.25, -0.2) is 0 Å². The Hall–Kier alpha value is -5.02. The van der Waals surface area contributed by atoms with Crippen LogP contribution >= 0.6 is 0 Å². The molecule has 3 heteroatoms. The molecule has 0 amide bonds. The highest BCUT2D eigenvalue weighted by Crippen LogP contribution is 2.46. The van der Waals surface area contributed by atoms with E-state index in [1.807, 2.05) is 0 Å². The van der Waals surface area contributed by atoms with Crippen molar-refractivity contribution in [1.82, 2.24) is 4.57 Å². The Kier molecular flexibility index (Phi) is 6.07. The molecule has 6 aromatic carbocycles. The van der Waals surface area contributed by atoms with Crippen LogP contribution in [0.1, 0.15) is 58.2 Å². The van der Waals surface area contributed by atoms with Crippen LogP contribution in [0.4, 0.5) is 17.1 Å². The summed E-state index contributed by atoms with van der Waals surface area (Å²) in [7, 11) is 0. The molecule has 0 bridgehead atoms. The summed E-state index contributed by atoms with van der Waals surface area (Å²) in [4.78, 5) is 2.58. The van der Waals surface area contributed by atoms with E-state index in [0.29, 0.717) is 0 Å². The van der Waals surface area contributed by atoms with E-state index in [0.717, 1.165) is 0 Å². The minimum absolute atomic E-state index is 0.0232. The molecule has 0 aliphatic carbocycles. The number of fused-ring (bicyclic) bond motifs is 7. The van der Waals surface area contributed by atoms with Gasteiger partial charge < -0.3 is 9.47 Å². The first kappa shape index (κ1) is 29.1. The smallest absolute Gasteiger partial charge is 0.252 e. The van der Waals surface area contributed by atoms with Crippen LogP contribution in [0.2, 0.25) is 0 Å². The summed E-state index contributed by atoms with van der Waals surface area (Å²) < 4.78 is 2.56. The number of rotatable bonds is 2. The number of benzene rings is 6. The lowest BCUT2D eigenvalue weighted by Crippen LogP contribution is -2.60. The summed E-state index contributed by atoms with van der Waals surface area (Å²) in [5.41, 5.74) is 18.3. The van der Waals surface area contributed by atoms with Crippen molar-refractivity contribution < 1.29 is 0 Å². The molecule has 2 aliphatic rings. The molecule has 0 unspecified atom stereocenters. The maximum atomic E-state index is 2.58. The summed E-state index contributed by atoms with van der Waals surface area (Å²) in [5, 5.41) is 2.64. The van der Waals surface area contributed by atoms with E-state index in [2.05, 4.69) is 179 Å². The summed E-state index contributed by atoms with van der Waals surface area (Å²) >= 11 is 0. The van der Waals surface area contributed by atoms with Gasteiger partial charge in [0.15, 0.2) is 0 Å². The lowest BCUT2D eigenvalue weighted by atomic mass is 9.33. The first-order chi connectivity index (χ1) is 23.0. The molecule has 0 atom stereocenters. The van der Waals surface area contributed by atoms with Crippen LogP contribution in [0.25, 0.3) is 38.6 Å². The zero-order valence-corrected chi connectivity index (χ0v) is 29.0. The Morgan fingerprint density at radius 1 is 0.521 bits per heavy atom. The summed E-state index contributed by atoms with van der Waals surface area (Å²) in [6.45, 7) is 16.3. The van der Waals surface area contributed by atoms with E-state index in [1.54, 1.807) is 0 Å². The van der Waals surface area contributed by atoms with Crippen molar-refractivity contribution >= 4 is 62.0 Å². The maximum Gasteiger partial charge on any atom is 0.252 e. The third-order valence-corrected chi connectivity index (χ3v) is 10.7. The van der Waals surface area contributed by atoms with E-state index in [9.17, 15) is 0 Å². The normalized spacial score (nSPS) is 13.6. The van der Waals surface area contributed by atoms with Crippen molar-refractivity contribution in [3.05, 3.63) is 138 Å². The van der Waals surface area contributed by atoms with Crippen molar-refractivity contribution in [3.63, 3.8) is 0 Å². The largest absolute Gasteiger partial charge is 0.311 e. The molecule has 234 valence electrons. The Labute approximate surface area is 284 Å². The molecule has 2 nitrogen and oxygen atoms in total. The van der Waals surface area contributed by atoms with Gasteiger partial charge in [-0.3, -0.25) is 0 Å². The number of hydrogen-bond acceptors (Lipinski definition) is 1. The first-order valence-electron chi connectivity index (χ1n) is 17.3. The molecule has 0 spiro atoms. The van der Waals surface area contributed by atoms with Gasteiger partial charge in [-0.05, 0) is 92.8 Å². The minimum Gasteiger partial charge on any atom is -0.311 e. The number of aromatic nitrogens is 1. The fourth-order valence-electron chi connectivity index (χ4n) is 8.32.